The van der Waals surface area contributed by atoms with Crippen LogP contribution in [0.3, 0.4) is 0 Å². The largest absolute Gasteiger partial charge is 0.472 e. The summed E-state index contributed by atoms with van der Waals surface area (Å²) in [6.45, 7) is 3.69. The van der Waals surface area contributed by atoms with Crippen LogP contribution in [0.15, 0.2) is 23.0 Å². The molecule has 5 heteroatoms. The first-order chi connectivity index (χ1) is 7.03. The molecule has 0 spiro atoms. The van der Waals surface area contributed by atoms with E-state index in [0.29, 0.717) is 12.8 Å². The van der Waals surface area contributed by atoms with E-state index in [9.17, 15) is 8.42 Å². The Balaban J connectivity index is 2.46. The van der Waals surface area contributed by atoms with Gasteiger partial charge in [-0.25, -0.2) is 13.1 Å². The van der Waals surface area contributed by atoms with Gasteiger partial charge in [-0.3, -0.25) is 0 Å². The molecule has 15 heavy (non-hydrogen) atoms. The predicted molar refractivity (Wildman–Crippen MR) is 59.1 cm³/mol. The van der Waals surface area contributed by atoms with Crippen molar-refractivity contribution in [2.45, 2.75) is 32.7 Å². The van der Waals surface area contributed by atoms with Crippen molar-refractivity contribution in [1.82, 2.24) is 4.72 Å². The topological polar surface area (TPSA) is 59.3 Å². The van der Waals surface area contributed by atoms with E-state index >= 15 is 0 Å². The maximum atomic E-state index is 11.4. The third-order valence-corrected chi connectivity index (χ3v) is 3.68. The highest BCUT2D eigenvalue weighted by atomic mass is 32.2. The van der Waals surface area contributed by atoms with E-state index in [1.165, 1.54) is 0 Å². The molecule has 1 heterocycles. The van der Waals surface area contributed by atoms with Gasteiger partial charge in [0.25, 0.3) is 0 Å². The molecule has 0 amide bonds. The maximum Gasteiger partial charge on any atom is 0.211 e. The fraction of sp³-hybridized carbons (Fsp3) is 0.600. The molecule has 1 N–H and O–H groups in total. The van der Waals surface area contributed by atoms with Crippen molar-refractivity contribution in [2.75, 3.05) is 5.75 Å². The summed E-state index contributed by atoms with van der Waals surface area (Å²) in [5, 5.41) is 0. The first kappa shape index (κ1) is 12.3. The number of furan rings is 1. The van der Waals surface area contributed by atoms with E-state index in [1.807, 2.05) is 19.9 Å². The van der Waals surface area contributed by atoms with E-state index in [1.54, 1.807) is 12.5 Å². The lowest BCUT2D eigenvalue weighted by atomic mass is 10.1. The lowest BCUT2D eigenvalue weighted by molar-refractivity contribution is 0.548. The molecule has 0 bridgehead atoms. The second kappa shape index (κ2) is 5.32. The molecule has 0 saturated heterocycles. The third-order valence-electron chi connectivity index (χ3n) is 1.98. The zero-order valence-electron chi connectivity index (χ0n) is 9.06. The Morgan fingerprint density at radius 3 is 2.80 bits per heavy atom. The summed E-state index contributed by atoms with van der Waals surface area (Å²) < 4.78 is 30.4. The average molecular weight is 231 g/mol. The summed E-state index contributed by atoms with van der Waals surface area (Å²) in [7, 11) is -3.11. The van der Waals surface area contributed by atoms with E-state index in [-0.39, 0.29) is 11.8 Å². The monoisotopic (exact) mass is 231 g/mol. The molecule has 0 aromatic carbocycles. The summed E-state index contributed by atoms with van der Waals surface area (Å²) in [6, 6.07) is 1.74. The SMILES string of the molecule is CCCS(=O)(=O)NC(C)Cc1ccoc1. The van der Waals surface area contributed by atoms with Gasteiger partial charge in [-0.15, -0.1) is 0 Å². The molecular weight excluding hydrogens is 214 g/mol. The molecule has 0 aliphatic heterocycles. The van der Waals surface area contributed by atoms with Crippen molar-refractivity contribution in [3.63, 3.8) is 0 Å². The second-order valence-corrected chi connectivity index (χ2v) is 5.55. The number of sulfonamides is 1. The molecule has 1 atom stereocenters. The minimum Gasteiger partial charge on any atom is -0.472 e. The molecule has 0 fully saturated rings. The third kappa shape index (κ3) is 4.48. The normalized spacial score (nSPS) is 14.0. The molecule has 1 rings (SSSR count). The van der Waals surface area contributed by atoms with E-state index < -0.39 is 10.0 Å². The molecule has 0 aliphatic carbocycles. The Morgan fingerprint density at radius 2 is 2.27 bits per heavy atom. The molecule has 1 unspecified atom stereocenters. The van der Waals surface area contributed by atoms with Crippen molar-refractivity contribution in [3.05, 3.63) is 24.2 Å². The maximum absolute atomic E-state index is 11.4. The minimum atomic E-state index is -3.11. The van der Waals surface area contributed by atoms with Crippen molar-refractivity contribution < 1.29 is 12.8 Å². The fourth-order valence-corrected chi connectivity index (χ4v) is 2.79. The van der Waals surface area contributed by atoms with Gasteiger partial charge in [0.2, 0.25) is 10.0 Å². The van der Waals surface area contributed by atoms with Crippen LogP contribution in [0.4, 0.5) is 0 Å². The standard InChI is InChI=1S/C10H17NO3S/c1-3-6-15(12,13)11-9(2)7-10-4-5-14-8-10/h4-5,8-9,11H,3,6-7H2,1-2H3. The van der Waals surface area contributed by atoms with Gasteiger partial charge in [0.15, 0.2) is 0 Å². The van der Waals surface area contributed by atoms with Crippen LogP contribution >= 0.6 is 0 Å². The number of hydrogen-bond acceptors (Lipinski definition) is 3. The highest BCUT2D eigenvalue weighted by Gasteiger charge is 2.13. The van der Waals surface area contributed by atoms with Gasteiger partial charge in [-0.2, -0.15) is 0 Å². The van der Waals surface area contributed by atoms with Crippen LogP contribution in [0, 0.1) is 0 Å². The van der Waals surface area contributed by atoms with Gasteiger partial charge in [-0.1, -0.05) is 6.92 Å². The molecule has 0 saturated carbocycles. The highest BCUT2D eigenvalue weighted by molar-refractivity contribution is 7.89. The van der Waals surface area contributed by atoms with Crippen LogP contribution in [0.2, 0.25) is 0 Å². The Bertz CT molecular complexity index is 369. The average Bonchev–Trinajstić information content (AvgIpc) is 2.54. The lowest BCUT2D eigenvalue weighted by Crippen LogP contribution is -2.35. The molecule has 0 radical (unpaired) electrons. The fourth-order valence-electron chi connectivity index (χ4n) is 1.44. The minimum absolute atomic E-state index is 0.0980. The summed E-state index contributed by atoms with van der Waals surface area (Å²) in [5.74, 6) is 0.183. The van der Waals surface area contributed by atoms with Crippen molar-refractivity contribution in [1.29, 1.82) is 0 Å². The van der Waals surface area contributed by atoms with E-state index in [0.717, 1.165) is 5.56 Å². The number of hydrogen-bond donors (Lipinski definition) is 1. The van der Waals surface area contributed by atoms with Crippen molar-refractivity contribution >= 4 is 10.0 Å². The van der Waals surface area contributed by atoms with Crippen LogP contribution in [0.25, 0.3) is 0 Å². The summed E-state index contributed by atoms with van der Waals surface area (Å²) in [4.78, 5) is 0. The van der Waals surface area contributed by atoms with Gasteiger partial charge in [0, 0.05) is 6.04 Å². The van der Waals surface area contributed by atoms with Crippen LogP contribution in [-0.2, 0) is 16.4 Å². The summed E-state index contributed by atoms with van der Waals surface area (Å²) in [6.07, 6.45) is 4.50. The van der Waals surface area contributed by atoms with Crippen molar-refractivity contribution in [3.8, 4) is 0 Å². The van der Waals surface area contributed by atoms with E-state index in [4.69, 9.17) is 4.42 Å². The first-order valence-electron chi connectivity index (χ1n) is 5.04. The summed E-state index contributed by atoms with van der Waals surface area (Å²) >= 11 is 0. The molecule has 4 nitrogen and oxygen atoms in total. The Labute approximate surface area is 90.7 Å². The Hall–Kier alpha value is -0.810. The molecular formula is C10H17NO3S. The number of nitrogens with one attached hydrogen (secondary N) is 1. The van der Waals surface area contributed by atoms with Crippen LogP contribution < -0.4 is 4.72 Å². The zero-order valence-corrected chi connectivity index (χ0v) is 9.88. The van der Waals surface area contributed by atoms with Crippen LogP contribution in [0.1, 0.15) is 25.8 Å². The molecule has 1 aromatic heterocycles. The van der Waals surface area contributed by atoms with Crippen LogP contribution in [0.5, 0.6) is 0 Å². The van der Waals surface area contributed by atoms with Crippen LogP contribution in [-0.4, -0.2) is 20.2 Å². The summed E-state index contributed by atoms with van der Waals surface area (Å²) in [5.41, 5.74) is 1.00. The van der Waals surface area contributed by atoms with Gasteiger partial charge in [0.1, 0.15) is 0 Å². The predicted octanol–water partition coefficient (Wildman–Crippen LogP) is 1.54. The molecule has 86 valence electrons. The Kier molecular flexibility index (Phi) is 4.35. The quantitative estimate of drug-likeness (QED) is 0.808. The second-order valence-electron chi connectivity index (χ2n) is 3.67. The van der Waals surface area contributed by atoms with E-state index in [2.05, 4.69) is 4.72 Å². The Morgan fingerprint density at radius 1 is 1.53 bits per heavy atom. The van der Waals surface area contributed by atoms with Crippen molar-refractivity contribution in [2.24, 2.45) is 0 Å². The number of rotatable bonds is 6. The van der Waals surface area contributed by atoms with Gasteiger partial charge < -0.3 is 4.42 Å². The molecule has 1 aromatic rings. The first-order valence-corrected chi connectivity index (χ1v) is 6.70. The van der Waals surface area contributed by atoms with Gasteiger partial charge in [0.05, 0.1) is 18.3 Å². The molecule has 0 aliphatic rings. The smallest absolute Gasteiger partial charge is 0.211 e. The highest BCUT2D eigenvalue weighted by Crippen LogP contribution is 2.04. The van der Waals surface area contributed by atoms with Gasteiger partial charge in [-0.05, 0) is 31.4 Å². The lowest BCUT2D eigenvalue weighted by Gasteiger charge is -2.12. The van der Waals surface area contributed by atoms with Gasteiger partial charge >= 0.3 is 0 Å². The zero-order chi connectivity index (χ0) is 11.3.